The van der Waals surface area contributed by atoms with Gasteiger partial charge in [0, 0.05) is 12.2 Å². The van der Waals surface area contributed by atoms with Gasteiger partial charge in [-0.05, 0) is 63.4 Å². The number of hydrogen-bond donors (Lipinski definition) is 2. The Morgan fingerprint density at radius 2 is 2.19 bits per heavy atom. The number of carbonyl (C=O) groups is 1. The summed E-state index contributed by atoms with van der Waals surface area (Å²) in [4.78, 5) is 14.7. The molecule has 1 fully saturated rings. The molecule has 2 unspecified atom stereocenters. The third-order valence-electron chi connectivity index (χ3n) is 4.67. The molecule has 0 aliphatic carbocycles. The fraction of sp³-hybridized carbons (Fsp3) is 0.588. The molecule has 1 aromatic carbocycles. The van der Waals surface area contributed by atoms with Gasteiger partial charge in [-0.2, -0.15) is 0 Å². The summed E-state index contributed by atoms with van der Waals surface area (Å²) in [7, 11) is 2.18. The van der Waals surface area contributed by atoms with Crippen LogP contribution in [0.25, 0.3) is 0 Å². The van der Waals surface area contributed by atoms with Crippen LogP contribution in [0.4, 0.5) is 5.69 Å². The van der Waals surface area contributed by atoms with E-state index in [2.05, 4.69) is 28.6 Å². The molecule has 0 aromatic heterocycles. The molecule has 2 heterocycles. The lowest BCUT2D eigenvalue weighted by molar-refractivity contribution is -0.118. The molecule has 0 saturated carbocycles. The first-order chi connectivity index (χ1) is 10.2. The third kappa shape index (κ3) is 3.63. The quantitative estimate of drug-likeness (QED) is 0.892. The minimum atomic E-state index is -0.0652. The monoisotopic (exact) mass is 287 g/mol. The Morgan fingerprint density at radius 3 is 3.05 bits per heavy atom. The molecule has 1 saturated heterocycles. The van der Waals surface area contributed by atoms with Gasteiger partial charge >= 0.3 is 0 Å². The number of nitrogens with zero attached hydrogens (tertiary/aromatic N) is 1. The van der Waals surface area contributed by atoms with E-state index in [4.69, 9.17) is 0 Å². The Hall–Kier alpha value is -1.39. The SMILES string of the molecule is CN1CCCC(CNC2CCc3ccccc3NC2=O)C1. The summed E-state index contributed by atoms with van der Waals surface area (Å²) in [6, 6.07) is 8.05. The number of likely N-dealkylation sites (tertiary alicyclic amines) is 1. The van der Waals surface area contributed by atoms with Crippen LogP contribution >= 0.6 is 0 Å². The topological polar surface area (TPSA) is 44.4 Å². The highest BCUT2D eigenvalue weighted by Gasteiger charge is 2.25. The highest BCUT2D eigenvalue weighted by molar-refractivity contribution is 5.96. The number of para-hydroxylation sites is 1. The molecular formula is C17H25N3O. The van der Waals surface area contributed by atoms with Crippen LogP contribution in [0.1, 0.15) is 24.8 Å². The Bertz CT molecular complexity index is 503. The lowest BCUT2D eigenvalue weighted by Crippen LogP contribution is -2.45. The van der Waals surface area contributed by atoms with Crippen LogP contribution in [-0.2, 0) is 11.2 Å². The van der Waals surface area contributed by atoms with Gasteiger partial charge in [-0.3, -0.25) is 4.79 Å². The van der Waals surface area contributed by atoms with Gasteiger partial charge in [0.05, 0.1) is 6.04 Å². The maximum absolute atomic E-state index is 12.3. The molecule has 0 radical (unpaired) electrons. The first-order valence-electron chi connectivity index (χ1n) is 8.03. The van der Waals surface area contributed by atoms with E-state index in [1.807, 2.05) is 18.2 Å². The highest BCUT2D eigenvalue weighted by atomic mass is 16.2. The standard InChI is InChI=1S/C17H25N3O/c1-20-10-4-5-13(12-20)11-18-16-9-8-14-6-2-3-7-15(14)19-17(16)21/h2-3,6-7,13,16,18H,4-5,8-12H2,1H3,(H,19,21). The van der Waals surface area contributed by atoms with Gasteiger partial charge in [0.1, 0.15) is 0 Å². The van der Waals surface area contributed by atoms with E-state index in [-0.39, 0.29) is 11.9 Å². The molecular weight excluding hydrogens is 262 g/mol. The Morgan fingerprint density at radius 1 is 1.33 bits per heavy atom. The number of nitrogens with one attached hydrogen (secondary N) is 2. The molecule has 4 nitrogen and oxygen atoms in total. The summed E-state index contributed by atoms with van der Waals surface area (Å²) in [5, 5.41) is 6.55. The minimum Gasteiger partial charge on any atom is -0.324 e. The molecule has 2 N–H and O–H groups in total. The minimum absolute atomic E-state index is 0.0652. The van der Waals surface area contributed by atoms with E-state index >= 15 is 0 Å². The number of piperidine rings is 1. The fourth-order valence-electron chi connectivity index (χ4n) is 3.45. The van der Waals surface area contributed by atoms with Crippen LogP contribution in [0.2, 0.25) is 0 Å². The summed E-state index contributed by atoms with van der Waals surface area (Å²) in [5.74, 6) is 0.784. The maximum Gasteiger partial charge on any atom is 0.241 e. The van der Waals surface area contributed by atoms with Crippen molar-refractivity contribution in [3.05, 3.63) is 29.8 Å². The van der Waals surface area contributed by atoms with Crippen LogP contribution < -0.4 is 10.6 Å². The van der Waals surface area contributed by atoms with E-state index in [9.17, 15) is 4.79 Å². The van der Waals surface area contributed by atoms with E-state index < -0.39 is 0 Å². The van der Waals surface area contributed by atoms with Crippen molar-refractivity contribution in [1.29, 1.82) is 0 Å². The van der Waals surface area contributed by atoms with E-state index in [0.29, 0.717) is 5.92 Å². The van der Waals surface area contributed by atoms with Crippen molar-refractivity contribution in [2.75, 3.05) is 32.0 Å². The normalized spacial score (nSPS) is 26.8. The molecule has 1 aromatic rings. The van der Waals surface area contributed by atoms with Gasteiger partial charge < -0.3 is 15.5 Å². The molecule has 21 heavy (non-hydrogen) atoms. The number of benzene rings is 1. The van der Waals surface area contributed by atoms with E-state index in [1.54, 1.807) is 0 Å². The number of fused-ring (bicyclic) bond motifs is 1. The number of hydrogen-bond acceptors (Lipinski definition) is 3. The second-order valence-corrected chi connectivity index (χ2v) is 6.42. The molecule has 3 rings (SSSR count). The molecule has 0 spiro atoms. The average Bonchev–Trinajstić information content (AvgIpc) is 2.64. The van der Waals surface area contributed by atoms with Crippen LogP contribution in [0.5, 0.6) is 0 Å². The number of carbonyl (C=O) groups excluding carboxylic acids is 1. The number of amides is 1. The van der Waals surface area contributed by atoms with Gasteiger partial charge in [-0.1, -0.05) is 18.2 Å². The highest BCUT2D eigenvalue weighted by Crippen LogP contribution is 2.22. The van der Waals surface area contributed by atoms with Crippen molar-refractivity contribution in [3.8, 4) is 0 Å². The van der Waals surface area contributed by atoms with Crippen molar-refractivity contribution in [3.63, 3.8) is 0 Å². The first-order valence-corrected chi connectivity index (χ1v) is 8.03. The first kappa shape index (κ1) is 14.5. The zero-order valence-electron chi connectivity index (χ0n) is 12.8. The smallest absolute Gasteiger partial charge is 0.241 e. The lowest BCUT2D eigenvalue weighted by Gasteiger charge is -2.30. The Balaban J connectivity index is 1.56. The number of rotatable bonds is 3. The van der Waals surface area contributed by atoms with Crippen molar-refractivity contribution in [2.24, 2.45) is 5.92 Å². The largest absolute Gasteiger partial charge is 0.324 e. The van der Waals surface area contributed by atoms with Crippen LogP contribution in [0, 0.1) is 5.92 Å². The summed E-state index contributed by atoms with van der Waals surface area (Å²) >= 11 is 0. The zero-order valence-corrected chi connectivity index (χ0v) is 12.8. The molecule has 2 atom stereocenters. The van der Waals surface area contributed by atoms with E-state index in [0.717, 1.165) is 31.6 Å². The summed E-state index contributed by atoms with van der Waals surface area (Å²) in [6.45, 7) is 3.29. The van der Waals surface area contributed by atoms with E-state index in [1.165, 1.54) is 24.9 Å². The van der Waals surface area contributed by atoms with Crippen molar-refractivity contribution >= 4 is 11.6 Å². The van der Waals surface area contributed by atoms with Crippen molar-refractivity contribution < 1.29 is 4.79 Å². The van der Waals surface area contributed by atoms with Crippen LogP contribution in [-0.4, -0.2) is 43.5 Å². The summed E-state index contributed by atoms with van der Waals surface area (Å²) in [6.07, 6.45) is 4.37. The molecule has 1 amide bonds. The Kier molecular flexibility index (Phi) is 4.56. The molecule has 2 aliphatic rings. The molecule has 4 heteroatoms. The Labute approximate surface area is 126 Å². The predicted octanol–water partition coefficient (Wildman–Crippen LogP) is 1.87. The van der Waals surface area contributed by atoms with Gasteiger partial charge in [0.25, 0.3) is 0 Å². The summed E-state index contributed by atoms with van der Waals surface area (Å²) < 4.78 is 0. The predicted molar refractivity (Wildman–Crippen MR) is 85.4 cm³/mol. The maximum atomic E-state index is 12.3. The average molecular weight is 287 g/mol. The van der Waals surface area contributed by atoms with Crippen LogP contribution in [0.15, 0.2) is 24.3 Å². The second-order valence-electron chi connectivity index (χ2n) is 6.42. The molecule has 2 aliphatic heterocycles. The lowest BCUT2D eigenvalue weighted by atomic mass is 9.97. The zero-order chi connectivity index (χ0) is 14.7. The van der Waals surface area contributed by atoms with Gasteiger partial charge in [0.2, 0.25) is 5.91 Å². The van der Waals surface area contributed by atoms with Gasteiger partial charge in [-0.15, -0.1) is 0 Å². The van der Waals surface area contributed by atoms with Gasteiger partial charge in [-0.25, -0.2) is 0 Å². The molecule has 114 valence electrons. The van der Waals surface area contributed by atoms with Crippen LogP contribution in [0.3, 0.4) is 0 Å². The van der Waals surface area contributed by atoms with Gasteiger partial charge in [0.15, 0.2) is 0 Å². The fourth-order valence-corrected chi connectivity index (χ4v) is 3.45. The third-order valence-corrected chi connectivity index (χ3v) is 4.67. The van der Waals surface area contributed by atoms with Crippen molar-refractivity contribution in [2.45, 2.75) is 31.7 Å². The number of aryl methyl sites for hydroxylation is 1. The summed E-state index contributed by atoms with van der Waals surface area (Å²) in [5.41, 5.74) is 2.22. The molecule has 0 bridgehead atoms. The van der Waals surface area contributed by atoms with Crippen molar-refractivity contribution in [1.82, 2.24) is 10.2 Å². The second kappa shape index (κ2) is 6.58. The number of anilines is 1.